The predicted octanol–water partition coefficient (Wildman–Crippen LogP) is 2.95. The van der Waals surface area contributed by atoms with Crippen LogP contribution in [0.3, 0.4) is 0 Å². The highest BCUT2D eigenvalue weighted by Crippen LogP contribution is 2.30. The molecule has 0 saturated heterocycles. The molecule has 1 heterocycles. The number of furan rings is 1. The van der Waals surface area contributed by atoms with E-state index in [1.165, 1.54) is 12.1 Å². The average Bonchev–Trinajstić information content (AvgIpc) is 2.85. The monoisotopic (exact) mass is 259 g/mol. The highest BCUT2D eigenvalue weighted by molar-refractivity contribution is 5.85. The first-order valence-corrected chi connectivity index (χ1v) is 5.32. The molecule has 1 N–H and O–H groups in total. The molecular weight excluding hydrogens is 250 g/mol. The zero-order valence-corrected chi connectivity index (χ0v) is 9.65. The third-order valence-corrected chi connectivity index (χ3v) is 2.38. The van der Waals surface area contributed by atoms with Crippen LogP contribution in [0.1, 0.15) is 5.76 Å². The van der Waals surface area contributed by atoms with Crippen LogP contribution in [0, 0.1) is 10.1 Å². The first-order valence-electron chi connectivity index (χ1n) is 5.32. The fourth-order valence-corrected chi connectivity index (χ4v) is 1.58. The smallest absolute Gasteiger partial charge is 0.328 e. The van der Waals surface area contributed by atoms with E-state index in [4.69, 9.17) is 9.52 Å². The minimum absolute atomic E-state index is 0.0642. The van der Waals surface area contributed by atoms with E-state index in [0.717, 1.165) is 6.08 Å². The van der Waals surface area contributed by atoms with Crippen molar-refractivity contribution in [2.24, 2.45) is 0 Å². The number of nitro benzene ring substituents is 1. The Morgan fingerprint density at radius 3 is 2.68 bits per heavy atom. The molecular formula is C13H9NO5. The summed E-state index contributed by atoms with van der Waals surface area (Å²) >= 11 is 0. The second kappa shape index (κ2) is 5.18. The molecule has 96 valence electrons. The van der Waals surface area contributed by atoms with Gasteiger partial charge in [0, 0.05) is 12.1 Å². The molecule has 6 heteroatoms. The van der Waals surface area contributed by atoms with Gasteiger partial charge in [-0.25, -0.2) is 4.79 Å². The number of para-hydroxylation sites is 1. The lowest BCUT2D eigenvalue weighted by Gasteiger charge is -1.98. The summed E-state index contributed by atoms with van der Waals surface area (Å²) in [6, 6.07) is 9.29. The van der Waals surface area contributed by atoms with Gasteiger partial charge >= 0.3 is 5.97 Å². The molecule has 2 aromatic rings. The number of benzene rings is 1. The number of carbonyl (C=O) groups is 1. The molecule has 1 aromatic carbocycles. The van der Waals surface area contributed by atoms with Crippen LogP contribution in [0.2, 0.25) is 0 Å². The normalized spacial score (nSPS) is 10.7. The molecule has 2 rings (SSSR count). The van der Waals surface area contributed by atoms with E-state index in [-0.39, 0.29) is 5.69 Å². The molecule has 0 unspecified atom stereocenters. The number of aliphatic carboxylic acids is 1. The van der Waals surface area contributed by atoms with Gasteiger partial charge in [0.15, 0.2) is 0 Å². The third-order valence-electron chi connectivity index (χ3n) is 2.38. The fourth-order valence-electron chi connectivity index (χ4n) is 1.58. The van der Waals surface area contributed by atoms with Crippen molar-refractivity contribution >= 4 is 17.7 Å². The Morgan fingerprint density at radius 2 is 2.00 bits per heavy atom. The number of carboxylic acids is 1. The highest BCUT2D eigenvalue weighted by atomic mass is 16.6. The van der Waals surface area contributed by atoms with Crippen molar-refractivity contribution in [3.05, 3.63) is 58.3 Å². The predicted molar refractivity (Wildman–Crippen MR) is 67.5 cm³/mol. The van der Waals surface area contributed by atoms with Crippen molar-refractivity contribution in [2.75, 3.05) is 0 Å². The zero-order chi connectivity index (χ0) is 13.8. The first-order chi connectivity index (χ1) is 9.08. The van der Waals surface area contributed by atoms with E-state index < -0.39 is 10.9 Å². The molecule has 0 atom stereocenters. The van der Waals surface area contributed by atoms with E-state index in [1.807, 2.05) is 0 Å². The number of hydrogen-bond acceptors (Lipinski definition) is 4. The van der Waals surface area contributed by atoms with Crippen LogP contribution in [-0.4, -0.2) is 16.0 Å². The van der Waals surface area contributed by atoms with Gasteiger partial charge in [-0.1, -0.05) is 12.1 Å². The van der Waals surface area contributed by atoms with E-state index >= 15 is 0 Å². The van der Waals surface area contributed by atoms with Gasteiger partial charge in [0.1, 0.15) is 11.5 Å². The van der Waals surface area contributed by atoms with E-state index in [2.05, 4.69) is 0 Å². The lowest BCUT2D eigenvalue weighted by molar-refractivity contribution is -0.384. The number of nitro groups is 1. The maximum Gasteiger partial charge on any atom is 0.328 e. The van der Waals surface area contributed by atoms with Crippen molar-refractivity contribution < 1.29 is 19.2 Å². The van der Waals surface area contributed by atoms with Crippen molar-refractivity contribution in [1.29, 1.82) is 0 Å². The molecule has 0 fully saturated rings. The Morgan fingerprint density at radius 1 is 1.26 bits per heavy atom. The van der Waals surface area contributed by atoms with Gasteiger partial charge in [0.25, 0.3) is 5.69 Å². The van der Waals surface area contributed by atoms with Crippen LogP contribution in [-0.2, 0) is 4.79 Å². The maximum atomic E-state index is 10.9. The highest BCUT2D eigenvalue weighted by Gasteiger charge is 2.16. The van der Waals surface area contributed by atoms with Crippen LogP contribution in [0.5, 0.6) is 0 Å². The van der Waals surface area contributed by atoms with E-state index in [0.29, 0.717) is 17.1 Å². The second-order valence-corrected chi connectivity index (χ2v) is 3.65. The summed E-state index contributed by atoms with van der Waals surface area (Å²) in [5.74, 6) is -0.462. The van der Waals surface area contributed by atoms with Crippen LogP contribution in [0.4, 0.5) is 5.69 Å². The lowest BCUT2D eigenvalue weighted by atomic mass is 10.1. The Kier molecular flexibility index (Phi) is 3.42. The number of rotatable bonds is 4. The topological polar surface area (TPSA) is 93.6 Å². The summed E-state index contributed by atoms with van der Waals surface area (Å²) in [4.78, 5) is 20.8. The van der Waals surface area contributed by atoms with Crippen molar-refractivity contribution in [3.63, 3.8) is 0 Å². The summed E-state index contributed by atoms with van der Waals surface area (Å²) in [5.41, 5.74) is 0.285. The van der Waals surface area contributed by atoms with Crippen molar-refractivity contribution in [3.8, 4) is 11.3 Å². The van der Waals surface area contributed by atoms with Gasteiger partial charge in [0.2, 0.25) is 0 Å². The Hall–Kier alpha value is -2.89. The molecule has 0 aliphatic rings. The molecule has 0 aliphatic heterocycles. The van der Waals surface area contributed by atoms with E-state index in [9.17, 15) is 14.9 Å². The largest absolute Gasteiger partial charge is 0.478 e. The van der Waals surface area contributed by atoms with Crippen LogP contribution in [0.25, 0.3) is 17.4 Å². The zero-order valence-electron chi connectivity index (χ0n) is 9.65. The lowest BCUT2D eigenvalue weighted by Crippen LogP contribution is -1.90. The summed E-state index contributed by atoms with van der Waals surface area (Å²) in [5, 5.41) is 19.4. The van der Waals surface area contributed by atoms with Crippen molar-refractivity contribution in [1.82, 2.24) is 0 Å². The summed E-state index contributed by atoms with van der Waals surface area (Å²) in [6.45, 7) is 0. The van der Waals surface area contributed by atoms with Gasteiger partial charge < -0.3 is 9.52 Å². The number of nitrogens with zero attached hydrogens (tertiary/aromatic N) is 1. The number of carboxylic acid groups (broad SMARTS) is 1. The van der Waals surface area contributed by atoms with Crippen LogP contribution >= 0.6 is 0 Å². The minimum atomic E-state index is -1.09. The summed E-state index contributed by atoms with van der Waals surface area (Å²) < 4.78 is 5.36. The number of hydrogen-bond donors (Lipinski definition) is 1. The van der Waals surface area contributed by atoms with Gasteiger partial charge in [-0.05, 0) is 24.3 Å². The Balaban J connectivity index is 2.38. The molecule has 0 amide bonds. The van der Waals surface area contributed by atoms with Gasteiger partial charge in [-0.15, -0.1) is 0 Å². The van der Waals surface area contributed by atoms with Gasteiger partial charge in [-0.3, -0.25) is 10.1 Å². The molecule has 0 saturated carbocycles. The molecule has 0 aliphatic carbocycles. The second-order valence-electron chi connectivity index (χ2n) is 3.65. The summed E-state index contributed by atoms with van der Waals surface area (Å²) in [7, 11) is 0. The van der Waals surface area contributed by atoms with Crippen molar-refractivity contribution in [2.45, 2.75) is 0 Å². The molecule has 0 radical (unpaired) electrons. The Labute approximate surface area is 107 Å². The van der Waals surface area contributed by atoms with Gasteiger partial charge in [-0.2, -0.15) is 0 Å². The van der Waals surface area contributed by atoms with E-state index in [1.54, 1.807) is 30.3 Å². The first kappa shape index (κ1) is 12.6. The quantitative estimate of drug-likeness (QED) is 0.517. The third kappa shape index (κ3) is 2.86. The van der Waals surface area contributed by atoms with Crippen LogP contribution < -0.4 is 0 Å². The summed E-state index contributed by atoms with van der Waals surface area (Å²) in [6.07, 6.45) is 2.21. The average molecular weight is 259 g/mol. The molecule has 0 spiro atoms. The molecule has 19 heavy (non-hydrogen) atoms. The Bertz CT molecular complexity index is 657. The van der Waals surface area contributed by atoms with Gasteiger partial charge in [0.05, 0.1) is 10.5 Å². The SMILES string of the molecule is O=C(O)/C=C\c1ccc(-c2ccccc2[N+](=O)[O-])o1. The fraction of sp³-hybridized carbons (Fsp3) is 0. The minimum Gasteiger partial charge on any atom is -0.478 e. The molecule has 0 bridgehead atoms. The molecule has 1 aromatic heterocycles. The standard InChI is InChI=1S/C13H9NO5/c15-13(16)8-6-9-5-7-12(19-9)10-3-1-2-4-11(10)14(17)18/h1-8H,(H,15,16)/b8-6-. The molecule has 6 nitrogen and oxygen atoms in total. The maximum absolute atomic E-state index is 10.9. The van der Waals surface area contributed by atoms with Crippen LogP contribution in [0.15, 0.2) is 46.9 Å².